The molecule has 0 saturated heterocycles. The molecule has 2 aromatic carbocycles. The number of rotatable bonds is 7. The molecular weight excluding hydrogens is 322 g/mol. The molecule has 1 atom stereocenters. The van der Waals surface area contributed by atoms with Gasteiger partial charge in [0.2, 0.25) is 0 Å². The molecule has 0 saturated carbocycles. The highest BCUT2D eigenvalue weighted by Gasteiger charge is 2.16. The number of benzene rings is 2. The fourth-order valence-corrected chi connectivity index (χ4v) is 3.15. The molecule has 4 heteroatoms. The van der Waals surface area contributed by atoms with Crippen molar-refractivity contribution in [1.82, 2.24) is 0 Å². The summed E-state index contributed by atoms with van der Waals surface area (Å²) in [5, 5.41) is 0.564. The lowest BCUT2D eigenvalue weighted by Crippen LogP contribution is -2.15. The van der Waals surface area contributed by atoms with Gasteiger partial charge in [0.15, 0.2) is 11.5 Å². The summed E-state index contributed by atoms with van der Waals surface area (Å²) >= 11 is 6.35. The van der Waals surface area contributed by atoms with Gasteiger partial charge in [-0.2, -0.15) is 0 Å². The zero-order chi connectivity index (χ0) is 17.7. The van der Waals surface area contributed by atoms with E-state index in [1.54, 1.807) is 7.11 Å². The molecule has 0 radical (unpaired) electrons. The molecule has 0 heterocycles. The van der Waals surface area contributed by atoms with E-state index in [1.807, 2.05) is 19.1 Å². The summed E-state index contributed by atoms with van der Waals surface area (Å²) in [4.78, 5) is 0. The molecule has 130 valence electrons. The predicted octanol–water partition coefficient (Wildman–Crippen LogP) is 4.65. The third-order valence-corrected chi connectivity index (χ3v) is 4.62. The summed E-state index contributed by atoms with van der Waals surface area (Å²) in [6, 6.07) is 10.5. The third kappa shape index (κ3) is 4.22. The average molecular weight is 348 g/mol. The first-order chi connectivity index (χ1) is 11.5. The smallest absolute Gasteiger partial charge is 0.179 e. The largest absolute Gasteiger partial charge is 0.491 e. The zero-order valence-electron chi connectivity index (χ0n) is 14.9. The van der Waals surface area contributed by atoms with Crippen molar-refractivity contribution in [2.75, 3.05) is 20.3 Å². The van der Waals surface area contributed by atoms with Crippen molar-refractivity contribution in [1.29, 1.82) is 0 Å². The minimum atomic E-state index is 0.239. The molecule has 0 fully saturated rings. The van der Waals surface area contributed by atoms with Gasteiger partial charge in [0, 0.05) is 5.92 Å². The van der Waals surface area contributed by atoms with E-state index in [0.29, 0.717) is 29.7 Å². The van der Waals surface area contributed by atoms with E-state index in [1.165, 1.54) is 16.7 Å². The van der Waals surface area contributed by atoms with Crippen molar-refractivity contribution < 1.29 is 9.47 Å². The number of hydrogen-bond acceptors (Lipinski definition) is 3. The highest BCUT2D eigenvalue weighted by atomic mass is 35.5. The van der Waals surface area contributed by atoms with E-state index in [0.717, 1.165) is 12.0 Å². The maximum atomic E-state index is 6.35. The molecule has 2 N–H and O–H groups in total. The lowest BCUT2D eigenvalue weighted by atomic mass is 9.90. The van der Waals surface area contributed by atoms with Crippen molar-refractivity contribution >= 4 is 11.6 Å². The number of nitrogens with two attached hydrogens (primary N) is 1. The quantitative estimate of drug-likeness (QED) is 0.792. The van der Waals surface area contributed by atoms with Crippen molar-refractivity contribution in [3.63, 3.8) is 0 Å². The van der Waals surface area contributed by atoms with Gasteiger partial charge in [0.05, 0.1) is 18.7 Å². The topological polar surface area (TPSA) is 44.5 Å². The maximum Gasteiger partial charge on any atom is 0.179 e. The van der Waals surface area contributed by atoms with Gasteiger partial charge in [-0.05, 0) is 68.1 Å². The number of ether oxygens (including phenoxy) is 2. The fourth-order valence-electron chi connectivity index (χ4n) is 2.84. The SMILES string of the molecule is CCOc1cc(CC(CN)c2ccc(C)c(C)c2)cc(Cl)c1OC. The minimum Gasteiger partial charge on any atom is -0.491 e. The van der Waals surface area contributed by atoms with Crippen LogP contribution in [0.25, 0.3) is 0 Å². The molecule has 2 aromatic rings. The molecule has 0 amide bonds. The van der Waals surface area contributed by atoms with Crippen LogP contribution in [0.5, 0.6) is 11.5 Å². The van der Waals surface area contributed by atoms with Crippen LogP contribution in [-0.2, 0) is 6.42 Å². The highest BCUT2D eigenvalue weighted by molar-refractivity contribution is 6.32. The number of methoxy groups -OCH3 is 1. The average Bonchev–Trinajstić information content (AvgIpc) is 2.55. The first-order valence-corrected chi connectivity index (χ1v) is 8.64. The molecule has 2 rings (SSSR count). The van der Waals surface area contributed by atoms with Crippen molar-refractivity contribution in [2.24, 2.45) is 5.73 Å². The van der Waals surface area contributed by atoms with Gasteiger partial charge in [0.25, 0.3) is 0 Å². The second-order valence-electron chi connectivity index (χ2n) is 6.02. The molecule has 3 nitrogen and oxygen atoms in total. The molecule has 0 bridgehead atoms. The van der Waals surface area contributed by atoms with E-state index in [2.05, 4.69) is 32.0 Å². The summed E-state index contributed by atoms with van der Waals surface area (Å²) in [6.07, 6.45) is 0.808. The van der Waals surface area contributed by atoms with Crippen molar-refractivity contribution in [3.05, 3.63) is 57.6 Å². The second-order valence-corrected chi connectivity index (χ2v) is 6.43. The maximum absolute atomic E-state index is 6.35. The summed E-state index contributed by atoms with van der Waals surface area (Å²) in [7, 11) is 1.60. The summed E-state index contributed by atoms with van der Waals surface area (Å²) in [6.45, 7) is 7.33. The lowest BCUT2D eigenvalue weighted by Gasteiger charge is -2.19. The van der Waals surface area contributed by atoms with Crippen LogP contribution in [0.2, 0.25) is 5.02 Å². The number of hydrogen-bond donors (Lipinski definition) is 1. The Bertz CT molecular complexity index is 700. The summed E-state index contributed by atoms with van der Waals surface area (Å²) in [5.74, 6) is 1.50. The number of halogens is 1. The first-order valence-electron chi connectivity index (χ1n) is 8.26. The standard InChI is InChI=1S/C20H26ClNO2/c1-5-24-19-11-15(10-18(21)20(19)23-4)9-17(12-22)16-7-6-13(2)14(3)8-16/h6-8,10-11,17H,5,9,12,22H2,1-4H3. The zero-order valence-corrected chi connectivity index (χ0v) is 15.6. The molecule has 0 aliphatic heterocycles. The predicted molar refractivity (Wildman–Crippen MR) is 101 cm³/mol. The Hall–Kier alpha value is -1.71. The molecule has 24 heavy (non-hydrogen) atoms. The van der Waals surface area contributed by atoms with Crippen LogP contribution < -0.4 is 15.2 Å². The Balaban J connectivity index is 2.31. The van der Waals surface area contributed by atoms with Gasteiger partial charge in [-0.3, -0.25) is 0 Å². The monoisotopic (exact) mass is 347 g/mol. The minimum absolute atomic E-state index is 0.239. The van der Waals surface area contributed by atoms with Gasteiger partial charge in [-0.25, -0.2) is 0 Å². The second kappa shape index (κ2) is 8.41. The van der Waals surface area contributed by atoms with E-state index < -0.39 is 0 Å². The molecule has 0 spiro atoms. The summed E-state index contributed by atoms with van der Waals surface area (Å²) in [5.41, 5.74) is 11.0. The van der Waals surface area contributed by atoms with Gasteiger partial charge < -0.3 is 15.2 Å². The Morgan fingerprint density at radius 3 is 2.46 bits per heavy atom. The van der Waals surface area contributed by atoms with E-state index in [4.69, 9.17) is 26.8 Å². The van der Waals surface area contributed by atoms with Crippen molar-refractivity contribution in [2.45, 2.75) is 33.1 Å². The fraction of sp³-hybridized carbons (Fsp3) is 0.400. The van der Waals surface area contributed by atoms with Gasteiger partial charge in [-0.1, -0.05) is 29.8 Å². The van der Waals surface area contributed by atoms with Crippen LogP contribution in [0.15, 0.2) is 30.3 Å². The molecular formula is C20H26ClNO2. The first kappa shape index (κ1) is 18.6. The van der Waals surface area contributed by atoms with Crippen molar-refractivity contribution in [3.8, 4) is 11.5 Å². The van der Waals surface area contributed by atoms with Crippen LogP contribution in [0.3, 0.4) is 0 Å². The molecule has 0 aromatic heterocycles. The van der Waals surface area contributed by atoms with Crippen LogP contribution in [0, 0.1) is 13.8 Å². The normalized spacial score (nSPS) is 12.1. The Kier molecular flexibility index (Phi) is 6.52. The van der Waals surface area contributed by atoms with Crippen LogP contribution in [-0.4, -0.2) is 20.3 Å². The van der Waals surface area contributed by atoms with Crippen LogP contribution >= 0.6 is 11.6 Å². The van der Waals surface area contributed by atoms with E-state index in [9.17, 15) is 0 Å². The van der Waals surface area contributed by atoms with Gasteiger partial charge >= 0.3 is 0 Å². The molecule has 1 unspecified atom stereocenters. The van der Waals surface area contributed by atoms with E-state index >= 15 is 0 Å². The van der Waals surface area contributed by atoms with Crippen LogP contribution in [0.1, 0.15) is 35.1 Å². The lowest BCUT2D eigenvalue weighted by molar-refractivity contribution is 0.310. The van der Waals surface area contributed by atoms with Gasteiger partial charge in [0.1, 0.15) is 0 Å². The molecule has 0 aliphatic rings. The van der Waals surface area contributed by atoms with Crippen LogP contribution in [0.4, 0.5) is 0 Å². The summed E-state index contributed by atoms with van der Waals surface area (Å²) < 4.78 is 11.0. The third-order valence-electron chi connectivity index (χ3n) is 4.34. The Morgan fingerprint density at radius 2 is 1.88 bits per heavy atom. The van der Waals surface area contributed by atoms with Gasteiger partial charge in [-0.15, -0.1) is 0 Å². The highest BCUT2D eigenvalue weighted by Crippen LogP contribution is 2.37. The Labute approximate surface area is 149 Å². The molecule has 0 aliphatic carbocycles. The Morgan fingerprint density at radius 1 is 1.12 bits per heavy atom. The van der Waals surface area contributed by atoms with E-state index in [-0.39, 0.29) is 5.92 Å². The number of aryl methyl sites for hydroxylation is 2.